The number of piperidine rings is 1. The fourth-order valence-electron chi connectivity index (χ4n) is 2.79. The predicted molar refractivity (Wildman–Crippen MR) is 91.7 cm³/mol. The molecule has 1 aliphatic rings. The van der Waals surface area contributed by atoms with Crippen molar-refractivity contribution in [1.82, 2.24) is 9.97 Å². The molecule has 1 fully saturated rings. The minimum Gasteiger partial charge on any atom is -0.341 e. The Morgan fingerprint density at radius 2 is 1.88 bits per heavy atom. The van der Waals surface area contributed by atoms with Gasteiger partial charge < -0.3 is 10.2 Å². The Morgan fingerprint density at radius 1 is 1.16 bits per heavy atom. The third kappa shape index (κ3) is 4.10. The van der Waals surface area contributed by atoms with Crippen molar-refractivity contribution in [1.29, 1.82) is 0 Å². The van der Waals surface area contributed by atoms with Crippen molar-refractivity contribution >= 4 is 17.5 Å². The average Bonchev–Trinajstić information content (AvgIpc) is 2.58. The lowest BCUT2D eigenvalue weighted by Gasteiger charge is -2.30. The summed E-state index contributed by atoms with van der Waals surface area (Å²) in [5.74, 6) is -1.25. The van der Waals surface area contributed by atoms with Crippen molar-refractivity contribution in [3.05, 3.63) is 47.3 Å². The second-order valence-corrected chi connectivity index (χ2v) is 6.45. The highest BCUT2D eigenvalue weighted by Gasteiger charge is 2.20. The Balaban J connectivity index is 1.79. The highest BCUT2D eigenvalue weighted by molar-refractivity contribution is 6.03. The van der Waals surface area contributed by atoms with Crippen LogP contribution < -0.4 is 10.2 Å². The third-order valence-corrected chi connectivity index (χ3v) is 4.32. The smallest absolute Gasteiger partial charge is 0.274 e. The van der Waals surface area contributed by atoms with Crippen molar-refractivity contribution in [3.8, 4) is 0 Å². The van der Waals surface area contributed by atoms with Crippen molar-refractivity contribution in [2.24, 2.45) is 5.92 Å². The molecule has 25 heavy (non-hydrogen) atoms. The average molecular weight is 346 g/mol. The zero-order chi connectivity index (χ0) is 18.0. The van der Waals surface area contributed by atoms with Gasteiger partial charge in [0.1, 0.15) is 5.69 Å². The van der Waals surface area contributed by atoms with Crippen LogP contribution in [0.1, 0.15) is 35.9 Å². The summed E-state index contributed by atoms with van der Waals surface area (Å²) in [6.07, 6.45) is 2.13. The first-order chi connectivity index (χ1) is 11.9. The summed E-state index contributed by atoms with van der Waals surface area (Å²) in [7, 11) is 0. The molecule has 1 aliphatic heterocycles. The van der Waals surface area contributed by atoms with Crippen LogP contribution in [0.25, 0.3) is 0 Å². The lowest BCUT2D eigenvalue weighted by molar-refractivity contribution is 0.102. The van der Waals surface area contributed by atoms with E-state index in [-0.39, 0.29) is 11.4 Å². The Morgan fingerprint density at radius 3 is 2.56 bits per heavy atom. The molecule has 1 aromatic heterocycles. The number of rotatable bonds is 3. The zero-order valence-corrected chi connectivity index (χ0v) is 14.2. The molecule has 132 valence electrons. The van der Waals surface area contributed by atoms with Crippen LogP contribution in [0.5, 0.6) is 0 Å². The maximum absolute atomic E-state index is 13.3. The van der Waals surface area contributed by atoms with E-state index in [0.717, 1.165) is 38.1 Å². The summed E-state index contributed by atoms with van der Waals surface area (Å²) in [5.41, 5.74) is 1.05. The molecule has 0 radical (unpaired) electrons. The maximum Gasteiger partial charge on any atom is 0.274 e. The first kappa shape index (κ1) is 17.3. The number of hydrogen-bond donors (Lipinski definition) is 1. The minimum absolute atomic E-state index is 0.175. The van der Waals surface area contributed by atoms with E-state index < -0.39 is 17.5 Å². The Bertz CT molecular complexity index is 789. The summed E-state index contributed by atoms with van der Waals surface area (Å²) in [6, 6.07) is 4.79. The van der Waals surface area contributed by atoms with E-state index >= 15 is 0 Å². The number of hydrogen-bond acceptors (Lipinski definition) is 4. The number of anilines is 2. The molecule has 5 nitrogen and oxygen atoms in total. The van der Waals surface area contributed by atoms with Gasteiger partial charge in [0.2, 0.25) is 5.95 Å². The van der Waals surface area contributed by atoms with E-state index in [4.69, 9.17) is 0 Å². The molecule has 0 bridgehead atoms. The predicted octanol–water partition coefficient (Wildman–Crippen LogP) is 3.55. The lowest BCUT2D eigenvalue weighted by Crippen LogP contribution is -2.34. The van der Waals surface area contributed by atoms with Gasteiger partial charge in [-0.05, 0) is 43.9 Å². The van der Waals surface area contributed by atoms with Gasteiger partial charge in [0.25, 0.3) is 5.91 Å². The standard InChI is InChI=1S/C18H20F2N4O/c1-11-5-7-24(8-6-11)18-21-12(2)9-16(23-18)17(25)22-13-3-4-14(19)15(20)10-13/h3-4,9-11H,5-8H2,1-2H3,(H,22,25). The summed E-state index contributed by atoms with van der Waals surface area (Å²) in [5, 5.41) is 2.54. The lowest BCUT2D eigenvalue weighted by atomic mass is 10.00. The molecule has 0 atom stereocenters. The number of halogens is 2. The van der Waals surface area contributed by atoms with E-state index in [9.17, 15) is 13.6 Å². The van der Waals surface area contributed by atoms with Crippen LogP contribution in [-0.2, 0) is 0 Å². The van der Waals surface area contributed by atoms with Gasteiger partial charge in [0.15, 0.2) is 11.6 Å². The minimum atomic E-state index is -1.01. The number of carbonyl (C=O) groups is 1. The van der Waals surface area contributed by atoms with Crippen molar-refractivity contribution in [2.45, 2.75) is 26.7 Å². The summed E-state index contributed by atoms with van der Waals surface area (Å²) in [6.45, 7) is 5.73. The number of carbonyl (C=O) groups excluding carboxylic acids is 1. The van der Waals surface area contributed by atoms with Crippen LogP contribution in [-0.4, -0.2) is 29.0 Å². The number of nitrogens with one attached hydrogen (secondary N) is 1. The maximum atomic E-state index is 13.3. The molecular formula is C18H20F2N4O. The number of nitrogens with zero attached hydrogens (tertiary/aromatic N) is 3. The molecule has 1 amide bonds. The molecule has 1 N–H and O–H groups in total. The summed E-state index contributed by atoms with van der Waals surface area (Å²) in [4.78, 5) is 23.3. The normalized spacial score (nSPS) is 15.3. The summed E-state index contributed by atoms with van der Waals surface area (Å²) >= 11 is 0. The highest BCUT2D eigenvalue weighted by Crippen LogP contribution is 2.21. The molecule has 0 saturated carbocycles. The first-order valence-electron chi connectivity index (χ1n) is 8.29. The molecular weight excluding hydrogens is 326 g/mol. The van der Waals surface area contributed by atoms with Crippen molar-refractivity contribution in [3.63, 3.8) is 0 Å². The van der Waals surface area contributed by atoms with Crippen molar-refractivity contribution in [2.75, 3.05) is 23.3 Å². The Hall–Kier alpha value is -2.57. The first-order valence-corrected chi connectivity index (χ1v) is 8.29. The molecule has 0 aliphatic carbocycles. The highest BCUT2D eigenvalue weighted by atomic mass is 19.2. The summed E-state index contributed by atoms with van der Waals surface area (Å²) < 4.78 is 26.3. The molecule has 2 aromatic rings. The van der Waals surface area contributed by atoms with Gasteiger partial charge >= 0.3 is 0 Å². The molecule has 1 aromatic carbocycles. The number of aromatic nitrogens is 2. The second kappa shape index (κ2) is 7.13. The topological polar surface area (TPSA) is 58.1 Å². The van der Waals surface area contributed by atoms with E-state index in [1.165, 1.54) is 6.07 Å². The van der Waals surface area contributed by atoms with Crippen LogP contribution in [0.2, 0.25) is 0 Å². The monoisotopic (exact) mass is 346 g/mol. The second-order valence-electron chi connectivity index (χ2n) is 6.45. The molecule has 0 unspecified atom stereocenters. The molecule has 7 heteroatoms. The van der Waals surface area contributed by atoms with E-state index in [1.807, 2.05) is 0 Å². The number of amides is 1. The SMILES string of the molecule is Cc1cc(C(=O)Nc2ccc(F)c(F)c2)nc(N2CCC(C)CC2)n1. The van der Waals surface area contributed by atoms with Gasteiger partial charge in [-0.25, -0.2) is 18.7 Å². The fraction of sp³-hybridized carbons (Fsp3) is 0.389. The third-order valence-electron chi connectivity index (χ3n) is 4.32. The molecule has 3 rings (SSSR count). The van der Waals surface area contributed by atoms with Crippen LogP contribution >= 0.6 is 0 Å². The van der Waals surface area contributed by atoms with Gasteiger partial charge in [-0.2, -0.15) is 0 Å². The van der Waals surface area contributed by atoms with E-state index in [0.29, 0.717) is 17.6 Å². The van der Waals surface area contributed by atoms with Crippen LogP contribution in [0.3, 0.4) is 0 Å². The fourth-order valence-corrected chi connectivity index (χ4v) is 2.79. The zero-order valence-electron chi connectivity index (χ0n) is 14.2. The van der Waals surface area contributed by atoms with Gasteiger partial charge in [-0.3, -0.25) is 4.79 Å². The van der Waals surface area contributed by atoms with Crippen LogP contribution in [0, 0.1) is 24.5 Å². The molecule has 0 spiro atoms. The van der Waals surface area contributed by atoms with Crippen LogP contribution in [0.4, 0.5) is 20.4 Å². The van der Waals surface area contributed by atoms with Gasteiger partial charge in [0.05, 0.1) is 0 Å². The number of aryl methyl sites for hydroxylation is 1. The van der Waals surface area contributed by atoms with E-state index in [2.05, 4.69) is 27.1 Å². The van der Waals surface area contributed by atoms with Gasteiger partial charge in [-0.15, -0.1) is 0 Å². The number of benzene rings is 1. The van der Waals surface area contributed by atoms with Gasteiger partial charge in [0, 0.05) is 30.5 Å². The van der Waals surface area contributed by atoms with Crippen LogP contribution in [0.15, 0.2) is 24.3 Å². The van der Waals surface area contributed by atoms with E-state index in [1.54, 1.807) is 13.0 Å². The van der Waals surface area contributed by atoms with Crippen molar-refractivity contribution < 1.29 is 13.6 Å². The Kier molecular flexibility index (Phi) is 4.92. The Labute approximate surface area is 145 Å². The molecule has 2 heterocycles. The quantitative estimate of drug-likeness (QED) is 0.923. The van der Waals surface area contributed by atoms with Gasteiger partial charge in [-0.1, -0.05) is 6.92 Å². The largest absolute Gasteiger partial charge is 0.341 e. The molecule has 1 saturated heterocycles.